The third-order valence-electron chi connectivity index (χ3n) is 3.27. The average molecular weight is 302 g/mol. The van der Waals surface area contributed by atoms with Crippen molar-refractivity contribution in [2.24, 2.45) is 0 Å². The minimum absolute atomic E-state index is 0. The molecule has 0 radical (unpaired) electrons. The Kier molecular flexibility index (Phi) is 5.64. The fourth-order valence-corrected chi connectivity index (χ4v) is 2.12. The number of benzene rings is 2. The van der Waals surface area contributed by atoms with Crippen LogP contribution in [0, 0.1) is 0 Å². The van der Waals surface area contributed by atoms with Crippen molar-refractivity contribution in [1.29, 1.82) is 0 Å². The van der Waals surface area contributed by atoms with E-state index in [9.17, 15) is 4.79 Å². The van der Waals surface area contributed by atoms with Gasteiger partial charge in [-0.25, -0.2) is 9.78 Å². The molecule has 3 aromatic rings. The number of carbonyl (C=O) groups is 1. The molecule has 0 saturated carbocycles. The van der Waals surface area contributed by atoms with Gasteiger partial charge in [-0.1, -0.05) is 24.3 Å². The summed E-state index contributed by atoms with van der Waals surface area (Å²) in [5, 5.41) is 8.89. The van der Waals surface area contributed by atoms with Gasteiger partial charge in [0.2, 0.25) is 0 Å². The quantitative estimate of drug-likeness (QED) is 0.672. The number of nitrogens with one attached hydrogen (secondary N) is 1. The number of para-hydroxylation sites is 1. The molecule has 23 heavy (non-hydrogen) atoms. The van der Waals surface area contributed by atoms with Crippen LogP contribution in [0.5, 0.6) is 5.75 Å². The SMILES string of the molecule is O=C(O)c1ccc(COc2ccccc2-c2cnc[nH]2)cc1.[H-].[Li+]. The molecule has 0 aliphatic heterocycles. The minimum atomic E-state index is -0.933. The number of H-pyrrole nitrogens is 1. The molecule has 2 N–H and O–H groups in total. The molecular weight excluding hydrogens is 287 g/mol. The number of carboxylic acid groups (broad SMARTS) is 1. The second-order valence-corrected chi connectivity index (χ2v) is 4.75. The molecule has 0 aliphatic rings. The summed E-state index contributed by atoms with van der Waals surface area (Å²) in [5.41, 5.74) is 2.99. The molecule has 3 rings (SSSR count). The van der Waals surface area contributed by atoms with E-state index in [0.717, 1.165) is 22.6 Å². The number of aromatic carboxylic acids is 1. The van der Waals surface area contributed by atoms with Crippen molar-refractivity contribution in [1.82, 2.24) is 9.97 Å². The van der Waals surface area contributed by atoms with Crippen LogP contribution in [-0.2, 0) is 6.61 Å². The van der Waals surface area contributed by atoms with E-state index in [1.165, 1.54) is 0 Å². The Morgan fingerprint density at radius 1 is 1.17 bits per heavy atom. The largest absolute Gasteiger partial charge is 1.00 e. The normalized spacial score (nSPS) is 9.91. The van der Waals surface area contributed by atoms with Crippen LogP contribution in [0.2, 0.25) is 0 Å². The maximum absolute atomic E-state index is 10.8. The summed E-state index contributed by atoms with van der Waals surface area (Å²) in [6.45, 7) is 0.366. The van der Waals surface area contributed by atoms with Crippen LogP contribution < -0.4 is 23.6 Å². The van der Waals surface area contributed by atoms with Gasteiger partial charge in [0.15, 0.2) is 0 Å². The third-order valence-corrected chi connectivity index (χ3v) is 3.27. The van der Waals surface area contributed by atoms with Gasteiger partial charge in [0.25, 0.3) is 0 Å². The van der Waals surface area contributed by atoms with Crippen molar-refractivity contribution in [2.45, 2.75) is 6.61 Å². The van der Waals surface area contributed by atoms with E-state index < -0.39 is 5.97 Å². The fourth-order valence-electron chi connectivity index (χ4n) is 2.12. The number of rotatable bonds is 5. The van der Waals surface area contributed by atoms with Crippen LogP contribution >= 0.6 is 0 Å². The molecule has 0 saturated heterocycles. The summed E-state index contributed by atoms with van der Waals surface area (Å²) in [4.78, 5) is 17.9. The molecule has 0 bridgehead atoms. The Hall–Kier alpha value is -2.48. The van der Waals surface area contributed by atoms with E-state index in [4.69, 9.17) is 9.84 Å². The van der Waals surface area contributed by atoms with Gasteiger partial charge < -0.3 is 16.3 Å². The van der Waals surface area contributed by atoms with E-state index in [-0.39, 0.29) is 25.9 Å². The summed E-state index contributed by atoms with van der Waals surface area (Å²) >= 11 is 0. The van der Waals surface area contributed by atoms with Crippen molar-refractivity contribution in [3.05, 3.63) is 72.2 Å². The topological polar surface area (TPSA) is 75.2 Å². The smallest absolute Gasteiger partial charge is 1.00 e. The van der Waals surface area contributed by atoms with Crippen molar-refractivity contribution in [3.63, 3.8) is 0 Å². The van der Waals surface area contributed by atoms with Crippen molar-refractivity contribution < 1.29 is 34.9 Å². The van der Waals surface area contributed by atoms with Crippen LogP contribution in [0.1, 0.15) is 17.3 Å². The van der Waals surface area contributed by atoms with Crippen molar-refractivity contribution in [3.8, 4) is 17.0 Å². The standard InChI is InChI=1S/C17H14N2O3.Li.H/c20-17(21)13-7-5-12(6-8-13)10-22-16-4-2-1-3-14(16)15-9-18-11-19-15;;/h1-9,11H,10H2,(H,18,19)(H,20,21);;/q;+1;-1. The van der Waals surface area contributed by atoms with Crippen LogP contribution in [0.4, 0.5) is 0 Å². The molecule has 6 heteroatoms. The number of aromatic nitrogens is 2. The second-order valence-electron chi connectivity index (χ2n) is 4.75. The summed E-state index contributed by atoms with van der Waals surface area (Å²) in [5.74, 6) is -0.189. The van der Waals surface area contributed by atoms with Crippen molar-refractivity contribution >= 4 is 5.97 Å². The number of aromatic amines is 1. The summed E-state index contributed by atoms with van der Waals surface area (Å²) in [7, 11) is 0. The zero-order chi connectivity index (χ0) is 15.4. The fraction of sp³-hybridized carbons (Fsp3) is 0.0588. The number of hydrogen-bond donors (Lipinski definition) is 2. The maximum atomic E-state index is 10.8. The maximum Gasteiger partial charge on any atom is 1.00 e. The Bertz CT molecular complexity index is 777. The Labute approximate surface area is 147 Å². The van der Waals surface area contributed by atoms with Gasteiger partial charge in [-0.3, -0.25) is 0 Å². The monoisotopic (exact) mass is 302 g/mol. The first-order valence-electron chi connectivity index (χ1n) is 6.77. The van der Waals surface area contributed by atoms with Gasteiger partial charge >= 0.3 is 24.8 Å². The molecule has 0 amide bonds. The van der Waals surface area contributed by atoms with Gasteiger partial charge in [-0.05, 0) is 29.8 Å². The van der Waals surface area contributed by atoms with Gasteiger partial charge in [0.05, 0.1) is 23.8 Å². The second kappa shape index (κ2) is 7.68. The molecule has 5 nitrogen and oxygen atoms in total. The molecular formula is C17H15LiN2O3. The first-order valence-corrected chi connectivity index (χ1v) is 6.77. The third kappa shape index (κ3) is 4.04. The van der Waals surface area contributed by atoms with Gasteiger partial charge in [0, 0.05) is 5.56 Å². The number of nitrogens with zero attached hydrogens (tertiary/aromatic N) is 1. The van der Waals surface area contributed by atoms with Crippen LogP contribution in [0.25, 0.3) is 11.3 Å². The van der Waals surface area contributed by atoms with Crippen LogP contribution in [-0.4, -0.2) is 21.0 Å². The Balaban J connectivity index is 0.00000144. The van der Waals surface area contributed by atoms with Gasteiger partial charge in [0.1, 0.15) is 12.4 Å². The molecule has 112 valence electrons. The summed E-state index contributed by atoms with van der Waals surface area (Å²) in [6, 6.07) is 14.3. The van der Waals surface area contributed by atoms with E-state index >= 15 is 0 Å². The molecule has 0 spiro atoms. The van der Waals surface area contributed by atoms with E-state index in [2.05, 4.69) is 9.97 Å². The molecule has 1 heterocycles. The number of carboxylic acids is 1. The number of imidazole rings is 1. The van der Waals surface area contributed by atoms with E-state index in [0.29, 0.717) is 6.61 Å². The van der Waals surface area contributed by atoms with Crippen LogP contribution in [0.3, 0.4) is 0 Å². The summed E-state index contributed by atoms with van der Waals surface area (Å²) < 4.78 is 5.85. The van der Waals surface area contributed by atoms with Crippen molar-refractivity contribution in [2.75, 3.05) is 0 Å². The van der Waals surface area contributed by atoms with Gasteiger partial charge in [-0.2, -0.15) is 0 Å². The van der Waals surface area contributed by atoms with E-state index in [1.54, 1.807) is 36.8 Å². The first-order chi connectivity index (χ1) is 10.7. The predicted molar refractivity (Wildman–Crippen MR) is 82.9 cm³/mol. The molecule has 0 atom stereocenters. The predicted octanol–water partition coefficient (Wildman–Crippen LogP) is 0.470. The Morgan fingerprint density at radius 2 is 1.91 bits per heavy atom. The molecule has 1 aromatic heterocycles. The zero-order valence-electron chi connectivity index (χ0n) is 13.7. The Morgan fingerprint density at radius 3 is 2.57 bits per heavy atom. The molecule has 2 aromatic carbocycles. The molecule has 0 fully saturated rings. The minimum Gasteiger partial charge on any atom is -1.00 e. The van der Waals surface area contributed by atoms with Crippen LogP contribution in [0.15, 0.2) is 61.1 Å². The van der Waals surface area contributed by atoms with Gasteiger partial charge in [-0.15, -0.1) is 0 Å². The number of hydrogen-bond acceptors (Lipinski definition) is 3. The number of ether oxygens (including phenoxy) is 1. The molecule has 0 unspecified atom stereocenters. The van der Waals surface area contributed by atoms with E-state index in [1.807, 2.05) is 24.3 Å². The first kappa shape index (κ1) is 16.9. The summed E-state index contributed by atoms with van der Waals surface area (Å²) in [6.07, 6.45) is 3.36. The zero-order valence-corrected chi connectivity index (χ0v) is 12.7. The average Bonchev–Trinajstić information content (AvgIpc) is 3.08. The molecule has 0 aliphatic carbocycles.